The predicted octanol–water partition coefficient (Wildman–Crippen LogP) is 2.62. The molecule has 1 aliphatic rings. The van der Waals surface area contributed by atoms with Crippen LogP contribution in [0.15, 0.2) is 30.3 Å². The normalized spacial score (nSPS) is 19.4. The minimum absolute atomic E-state index is 0.129. The molecule has 0 aliphatic carbocycles. The molecule has 4 nitrogen and oxygen atoms in total. The number of anilines is 1. The SMILES string of the molecule is Cc1ccc2cccc(NC3CCCNC(=O)C3)c2n1. The van der Waals surface area contributed by atoms with Crippen molar-refractivity contribution in [1.29, 1.82) is 0 Å². The third kappa shape index (κ3) is 2.74. The number of carbonyl (C=O) groups excluding carboxylic acids is 1. The summed E-state index contributed by atoms with van der Waals surface area (Å²) in [4.78, 5) is 16.3. The van der Waals surface area contributed by atoms with Gasteiger partial charge in [-0.25, -0.2) is 0 Å². The van der Waals surface area contributed by atoms with Crippen molar-refractivity contribution in [3.63, 3.8) is 0 Å². The number of amides is 1. The number of fused-ring (bicyclic) bond motifs is 1. The zero-order valence-electron chi connectivity index (χ0n) is 11.6. The lowest BCUT2D eigenvalue weighted by molar-refractivity contribution is -0.120. The maximum Gasteiger partial charge on any atom is 0.222 e. The van der Waals surface area contributed by atoms with Gasteiger partial charge in [0.05, 0.1) is 11.2 Å². The van der Waals surface area contributed by atoms with Gasteiger partial charge >= 0.3 is 0 Å². The van der Waals surface area contributed by atoms with Crippen LogP contribution in [0.5, 0.6) is 0 Å². The van der Waals surface area contributed by atoms with Crippen LogP contribution < -0.4 is 10.6 Å². The van der Waals surface area contributed by atoms with E-state index in [4.69, 9.17) is 0 Å². The second-order valence-corrected chi connectivity index (χ2v) is 5.37. The van der Waals surface area contributed by atoms with Crippen LogP contribution in [0.1, 0.15) is 25.0 Å². The molecule has 1 aliphatic heterocycles. The molecular formula is C16H19N3O. The fourth-order valence-electron chi connectivity index (χ4n) is 2.68. The van der Waals surface area contributed by atoms with Gasteiger partial charge in [0, 0.05) is 30.1 Å². The quantitative estimate of drug-likeness (QED) is 0.881. The molecular weight excluding hydrogens is 250 g/mol. The van der Waals surface area contributed by atoms with Crippen molar-refractivity contribution < 1.29 is 4.79 Å². The van der Waals surface area contributed by atoms with E-state index in [9.17, 15) is 4.79 Å². The fourth-order valence-corrected chi connectivity index (χ4v) is 2.68. The summed E-state index contributed by atoms with van der Waals surface area (Å²) < 4.78 is 0. The zero-order valence-corrected chi connectivity index (χ0v) is 11.6. The molecule has 1 atom stereocenters. The average molecular weight is 269 g/mol. The first kappa shape index (κ1) is 12.9. The summed E-state index contributed by atoms with van der Waals surface area (Å²) in [6.45, 7) is 2.78. The van der Waals surface area contributed by atoms with E-state index in [0.717, 1.165) is 41.7 Å². The number of aryl methyl sites for hydroxylation is 1. The average Bonchev–Trinajstić information content (AvgIpc) is 2.64. The van der Waals surface area contributed by atoms with E-state index in [-0.39, 0.29) is 11.9 Å². The fraction of sp³-hybridized carbons (Fsp3) is 0.375. The summed E-state index contributed by atoms with van der Waals surface area (Å²) in [5, 5.41) is 7.53. The van der Waals surface area contributed by atoms with Gasteiger partial charge in [0.15, 0.2) is 0 Å². The molecule has 4 heteroatoms. The van der Waals surface area contributed by atoms with Crippen molar-refractivity contribution >= 4 is 22.5 Å². The van der Waals surface area contributed by atoms with Crippen LogP contribution in [0.25, 0.3) is 10.9 Å². The lowest BCUT2D eigenvalue weighted by Gasteiger charge is -2.17. The number of aromatic nitrogens is 1. The van der Waals surface area contributed by atoms with E-state index >= 15 is 0 Å². The Hall–Kier alpha value is -2.10. The summed E-state index contributed by atoms with van der Waals surface area (Å²) in [7, 11) is 0. The van der Waals surface area contributed by atoms with Gasteiger partial charge in [-0.1, -0.05) is 18.2 Å². The first-order chi connectivity index (χ1) is 9.72. The number of hydrogen-bond donors (Lipinski definition) is 2. The Labute approximate surface area is 118 Å². The summed E-state index contributed by atoms with van der Waals surface area (Å²) in [5.41, 5.74) is 3.01. The van der Waals surface area contributed by atoms with Crippen LogP contribution in [0.4, 0.5) is 5.69 Å². The Kier molecular flexibility index (Phi) is 3.54. The van der Waals surface area contributed by atoms with Crippen LogP contribution in [0, 0.1) is 6.92 Å². The van der Waals surface area contributed by atoms with E-state index in [1.54, 1.807) is 0 Å². The molecule has 2 N–H and O–H groups in total. The van der Waals surface area contributed by atoms with E-state index in [1.807, 2.05) is 25.1 Å². The molecule has 3 rings (SSSR count). The summed E-state index contributed by atoms with van der Waals surface area (Å²) >= 11 is 0. The monoisotopic (exact) mass is 269 g/mol. The van der Waals surface area contributed by atoms with Gasteiger partial charge in [-0.2, -0.15) is 0 Å². The van der Waals surface area contributed by atoms with Crippen LogP contribution >= 0.6 is 0 Å². The number of benzene rings is 1. The molecule has 2 aromatic rings. The molecule has 20 heavy (non-hydrogen) atoms. The highest BCUT2D eigenvalue weighted by Gasteiger charge is 2.17. The van der Waals surface area contributed by atoms with Gasteiger partial charge < -0.3 is 10.6 Å². The van der Waals surface area contributed by atoms with Crippen LogP contribution in [0.2, 0.25) is 0 Å². The van der Waals surface area contributed by atoms with Crippen molar-refractivity contribution in [3.8, 4) is 0 Å². The molecule has 2 heterocycles. The highest BCUT2D eigenvalue weighted by Crippen LogP contribution is 2.24. The first-order valence-corrected chi connectivity index (χ1v) is 7.12. The number of carbonyl (C=O) groups is 1. The third-order valence-corrected chi connectivity index (χ3v) is 3.70. The largest absolute Gasteiger partial charge is 0.380 e. The maximum atomic E-state index is 11.6. The number of nitrogens with zero attached hydrogens (tertiary/aromatic N) is 1. The first-order valence-electron chi connectivity index (χ1n) is 7.12. The molecule has 0 spiro atoms. The van der Waals surface area contributed by atoms with Crippen LogP contribution in [-0.2, 0) is 4.79 Å². The molecule has 0 saturated carbocycles. The topological polar surface area (TPSA) is 54.0 Å². The Balaban J connectivity index is 1.90. The number of hydrogen-bond acceptors (Lipinski definition) is 3. The van der Waals surface area contributed by atoms with Crippen molar-refractivity contribution in [2.24, 2.45) is 0 Å². The smallest absolute Gasteiger partial charge is 0.222 e. The Morgan fingerprint density at radius 2 is 2.20 bits per heavy atom. The van der Waals surface area contributed by atoms with Crippen LogP contribution in [-0.4, -0.2) is 23.5 Å². The maximum absolute atomic E-state index is 11.6. The summed E-state index contributed by atoms with van der Waals surface area (Å²) in [5.74, 6) is 0.129. The molecule has 1 amide bonds. The molecule has 1 saturated heterocycles. The zero-order chi connectivity index (χ0) is 13.9. The third-order valence-electron chi connectivity index (χ3n) is 3.70. The predicted molar refractivity (Wildman–Crippen MR) is 80.8 cm³/mol. The van der Waals surface area contributed by atoms with E-state index in [0.29, 0.717) is 6.42 Å². The van der Waals surface area contributed by atoms with E-state index in [2.05, 4.69) is 27.8 Å². The lowest BCUT2D eigenvalue weighted by atomic mass is 10.1. The highest BCUT2D eigenvalue weighted by molar-refractivity contribution is 5.90. The van der Waals surface area contributed by atoms with Crippen molar-refractivity contribution in [1.82, 2.24) is 10.3 Å². The van der Waals surface area contributed by atoms with Gasteiger partial charge in [-0.15, -0.1) is 0 Å². The molecule has 1 aromatic carbocycles. The molecule has 0 bridgehead atoms. The second-order valence-electron chi connectivity index (χ2n) is 5.37. The van der Waals surface area contributed by atoms with E-state index in [1.165, 1.54) is 0 Å². The van der Waals surface area contributed by atoms with Gasteiger partial charge in [0.2, 0.25) is 5.91 Å². The molecule has 1 fully saturated rings. The number of rotatable bonds is 2. The van der Waals surface area contributed by atoms with Crippen molar-refractivity contribution in [3.05, 3.63) is 36.0 Å². The number of nitrogens with one attached hydrogen (secondary N) is 2. The Morgan fingerprint density at radius 1 is 1.30 bits per heavy atom. The van der Waals surface area contributed by atoms with Gasteiger partial charge in [-0.05, 0) is 31.9 Å². The van der Waals surface area contributed by atoms with Gasteiger partial charge in [0.25, 0.3) is 0 Å². The highest BCUT2D eigenvalue weighted by atomic mass is 16.1. The van der Waals surface area contributed by atoms with Gasteiger partial charge in [-0.3, -0.25) is 9.78 Å². The molecule has 104 valence electrons. The Bertz CT molecular complexity index is 639. The summed E-state index contributed by atoms with van der Waals surface area (Å²) in [6, 6.07) is 10.4. The molecule has 1 aromatic heterocycles. The van der Waals surface area contributed by atoms with Gasteiger partial charge in [0.1, 0.15) is 0 Å². The van der Waals surface area contributed by atoms with Crippen LogP contribution in [0.3, 0.4) is 0 Å². The minimum atomic E-state index is 0.129. The van der Waals surface area contributed by atoms with Crippen molar-refractivity contribution in [2.45, 2.75) is 32.2 Å². The van der Waals surface area contributed by atoms with Crippen molar-refractivity contribution in [2.75, 3.05) is 11.9 Å². The second kappa shape index (κ2) is 5.49. The lowest BCUT2D eigenvalue weighted by Crippen LogP contribution is -2.26. The summed E-state index contributed by atoms with van der Waals surface area (Å²) in [6.07, 6.45) is 2.55. The standard InChI is InChI=1S/C16H19N3O/c1-11-7-8-12-4-2-6-14(16(12)18-11)19-13-5-3-9-17-15(20)10-13/h2,4,6-8,13,19H,3,5,9-10H2,1H3,(H,17,20). The van der Waals surface area contributed by atoms with E-state index < -0.39 is 0 Å². The minimum Gasteiger partial charge on any atom is -0.380 e. The Morgan fingerprint density at radius 3 is 3.10 bits per heavy atom. The number of para-hydroxylation sites is 1. The molecule has 0 radical (unpaired) electrons. The molecule has 1 unspecified atom stereocenters. The number of pyridine rings is 1.